The second-order valence-corrected chi connectivity index (χ2v) is 5.08. The van der Waals surface area contributed by atoms with Gasteiger partial charge in [-0.2, -0.15) is 0 Å². The summed E-state index contributed by atoms with van der Waals surface area (Å²) in [5, 5.41) is 0. The third-order valence-corrected chi connectivity index (χ3v) is 3.77. The topological polar surface area (TPSA) is 55.6 Å². The maximum atomic E-state index is 12.3. The largest absolute Gasteiger partial charge is 0.480 e. The smallest absolute Gasteiger partial charge is 0.263 e. The minimum Gasteiger partial charge on any atom is -0.480 e. The molecule has 1 aromatic carbocycles. The van der Waals surface area contributed by atoms with E-state index in [2.05, 4.69) is 0 Å². The first-order chi connectivity index (χ1) is 8.74. The van der Waals surface area contributed by atoms with Crippen LogP contribution in [0.15, 0.2) is 24.3 Å². The quantitative estimate of drug-likeness (QED) is 0.802. The molecule has 1 atom stereocenters. The average Bonchev–Trinajstić information content (AvgIpc) is 2.82. The molecule has 1 saturated heterocycles. The number of benzene rings is 1. The highest BCUT2D eigenvalue weighted by molar-refractivity contribution is 5.82. The molecule has 96 valence electrons. The van der Waals surface area contributed by atoms with Crippen LogP contribution in [0, 0.1) is 0 Å². The molecule has 4 nitrogen and oxygen atoms in total. The summed E-state index contributed by atoms with van der Waals surface area (Å²) >= 11 is 0. The number of carbonyl (C=O) groups is 1. The maximum absolute atomic E-state index is 12.3. The van der Waals surface area contributed by atoms with Crippen LogP contribution in [0.5, 0.6) is 5.75 Å². The molecule has 1 fully saturated rings. The van der Waals surface area contributed by atoms with Gasteiger partial charge in [-0.15, -0.1) is 0 Å². The molecule has 0 aliphatic carbocycles. The van der Waals surface area contributed by atoms with Gasteiger partial charge in [0.05, 0.1) is 0 Å². The normalized spacial score (nSPS) is 23.6. The highest BCUT2D eigenvalue weighted by Gasteiger charge is 2.33. The molecule has 0 unspecified atom stereocenters. The molecule has 2 N–H and O–H groups in total. The van der Waals surface area contributed by atoms with Crippen molar-refractivity contribution in [1.82, 2.24) is 4.90 Å². The van der Waals surface area contributed by atoms with Crippen LogP contribution in [-0.2, 0) is 11.2 Å². The predicted octanol–water partition coefficient (Wildman–Crippen LogP) is 0.940. The molecule has 18 heavy (non-hydrogen) atoms. The number of amides is 1. The highest BCUT2D eigenvalue weighted by Crippen LogP contribution is 2.29. The van der Waals surface area contributed by atoms with Crippen LogP contribution < -0.4 is 10.5 Å². The van der Waals surface area contributed by atoms with Crippen molar-refractivity contribution in [3.8, 4) is 5.75 Å². The first-order valence-electron chi connectivity index (χ1n) is 6.53. The molecule has 2 aliphatic rings. The van der Waals surface area contributed by atoms with Gasteiger partial charge in [0.2, 0.25) is 0 Å². The molecule has 0 bridgehead atoms. The summed E-state index contributed by atoms with van der Waals surface area (Å²) in [5.41, 5.74) is 6.98. The Kier molecular flexibility index (Phi) is 2.96. The van der Waals surface area contributed by atoms with E-state index in [1.165, 1.54) is 0 Å². The number of ether oxygens (including phenoxy) is 1. The number of nitrogens with two attached hydrogens (primary N) is 1. The van der Waals surface area contributed by atoms with Crippen molar-refractivity contribution in [3.63, 3.8) is 0 Å². The molecule has 2 aliphatic heterocycles. The van der Waals surface area contributed by atoms with Crippen molar-refractivity contribution in [3.05, 3.63) is 29.8 Å². The van der Waals surface area contributed by atoms with Crippen LogP contribution in [0.1, 0.15) is 18.4 Å². The first-order valence-corrected chi connectivity index (χ1v) is 6.53. The maximum Gasteiger partial charge on any atom is 0.263 e. The van der Waals surface area contributed by atoms with Crippen molar-refractivity contribution < 1.29 is 9.53 Å². The molecule has 4 heteroatoms. The Labute approximate surface area is 107 Å². The van der Waals surface area contributed by atoms with Gasteiger partial charge in [-0.05, 0) is 24.5 Å². The van der Waals surface area contributed by atoms with Crippen LogP contribution >= 0.6 is 0 Å². The molecule has 2 heterocycles. The van der Waals surface area contributed by atoms with E-state index in [1.807, 2.05) is 29.2 Å². The number of piperidine rings is 1. The van der Waals surface area contributed by atoms with E-state index >= 15 is 0 Å². The van der Waals surface area contributed by atoms with Crippen LogP contribution in [0.3, 0.4) is 0 Å². The van der Waals surface area contributed by atoms with Crippen LogP contribution in [0.4, 0.5) is 0 Å². The highest BCUT2D eigenvalue weighted by atomic mass is 16.5. The van der Waals surface area contributed by atoms with E-state index in [0.29, 0.717) is 6.42 Å². The van der Waals surface area contributed by atoms with Crippen molar-refractivity contribution in [2.45, 2.75) is 31.4 Å². The summed E-state index contributed by atoms with van der Waals surface area (Å²) in [6.45, 7) is 1.52. The van der Waals surface area contributed by atoms with E-state index in [1.54, 1.807) is 0 Å². The second-order valence-electron chi connectivity index (χ2n) is 5.08. The molecule has 3 rings (SSSR count). The molecular weight excluding hydrogens is 228 g/mol. The zero-order valence-electron chi connectivity index (χ0n) is 10.3. The number of nitrogens with zero attached hydrogens (tertiary/aromatic N) is 1. The summed E-state index contributed by atoms with van der Waals surface area (Å²) in [7, 11) is 0. The van der Waals surface area contributed by atoms with Crippen LogP contribution in [-0.4, -0.2) is 36.0 Å². The number of likely N-dealkylation sites (tertiary alicyclic amines) is 1. The molecule has 1 aromatic rings. The Hall–Kier alpha value is -1.55. The standard InChI is InChI=1S/C14H18N2O2/c15-11-5-7-16(8-6-11)14(17)13-9-10-3-1-2-4-12(10)18-13/h1-4,11,13H,5-9,15H2/t13-/m1/s1. The number of rotatable bonds is 1. The van der Waals surface area contributed by atoms with Crippen LogP contribution in [0.25, 0.3) is 0 Å². The number of para-hydroxylation sites is 1. The Morgan fingerprint density at radius 3 is 2.72 bits per heavy atom. The van der Waals surface area contributed by atoms with E-state index in [0.717, 1.165) is 37.2 Å². The van der Waals surface area contributed by atoms with E-state index in [9.17, 15) is 4.79 Å². The SMILES string of the molecule is NC1CCN(C(=O)[C@H]2Cc3ccccc3O2)CC1. The van der Waals surface area contributed by atoms with Gasteiger partial charge in [-0.1, -0.05) is 18.2 Å². The third kappa shape index (κ3) is 2.08. The second kappa shape index (κ2) is 4.61. The lowest BCUT2D eigenvalue weighted by Crippen LogP contribution is -2.47. The summed E-state index contributed by atoms with van der Waals surface area (Å²) in [5.74, 6) is 0.961. The molecular formula is C14H18N2O2. The first kappa shape index (κ1) is 11.5. The Morgan fingerprint density at radius 2 is 2.00 bits per heavy atom. The monoisotopic (exact) mass is 246 g/mol. The number of hydrogen-bond acceptors (Lipinski definition) is 3. The van der Waals surface area contributed by atoms with Gasteiger partial charge >= 0.3 is 0 Å². The van der Waals surface area contributed by atoms with Crippen LogP contribution in [0.2, 0.25) is 0 Å². The summed E-state index contributed by atoms with van der Waals surface area (Å²) in [6.07, 6.45) is 2.14. The Morgan fingerprint density at radius 1 is 1.28 bits per heavy atom. The van der Waals surface area contributed by atoms with E-state index < -0.39 is 0 Å². The molecule has 0 saturated carbocycles. The minimum absolute atomic E-state index is 0.109. The van der Waals surface area contributed by atoms with Crippen molar-refractivity contribution in [2.24, 2.45) is 5.73 Å². The molecule has 0 radical (unpaired) electrons. The number of fused-ring (bicyclic) bond motifs is 1. The summed E-state index contributed by atoms with van der Waals surface area (Å²) < 4.78 is 5.73. The third-order valence-electron chi connectivity index (χ3n) is 3.77. The zero-order valence-corrected chi connectivity index (χ0v) is 10.3. The van der Waals surface area contributed by atoms with Gasteiger partial charge in [-0.3, -0.25) is 4.79 Å². The molecule has 1 amide bonds. The van der Waals surface area contributed by atoms with Crippen molar-refractivity contribution in [1.29, 1.82) is 0 Å². The number of carbonyl (C=O) groups excluding carboxylic acids is 1. The lowest BCUT2D eigenvalue weighted by Gasteiger charge is -2.31. The fourth-order valence-corrected chi connectivity index (χ4v) is 2.64. The summed E-state index contributed by atoms with van der Waals surface area (Å²) in [6, 6.07) is 8.11. The lowest BCUT2D eigenvalue weighted by atomic mass is 10.0. The molecule has 0 spiro atoms. The van der Waals surface area contributed by atoms with Gasteiger partial charge in [0.25, 0.3) is 5.91 Å². The van der Waals surface area contributed by atoms with E-state index in [4.69, 9.17) is 10.5 Å². The minimum atomic E-state index is -0.336. The predicted molar refractivity (Wildman–Crippen MR) is 68.4 cm³/mol. The van der Waals surface area contributed by atoms with Gasteiger partial charge in [0.15, 0.2) is 6.10 Å². The fraction of sp³-hybridized carbons (Fsp3) is 0.500. The fourth-order valence-electron chi connectivity index (χ4n) is 2.64. The van der Waals surface area contributed by atoms with Gasteiger partial charge in [0.1, 0.15) is 5.75 Å². The summed E-state index contributed by atoms with van der Waals surface area (Å²) in [4.78, 5) is 14.2. The number of hydrogen-bond donors (Lipinski definition) is 1. The average molecular weight is 246 g/mol. The van der Waals surface area contributed by atoms with E-state index in [-0.39, 0.29) is 18.1 Å². The Bertz CT molecular complexity index is 428. The Balaban J connectivity index is 1.65. The lowest BCUT2D eigenvalue weighted by molar-refractivity contribution is -0.138. The van der Waals surface area contributed by atoms with Crippen molar-refractivity contribution in [2.75, 3.05) is 13.1 Å². The van der Waals surface area contributed by atoms with Crippen molar-refractivity contribution >= 4 is 5.91 Å². The van der Waals surface area contributed by atoms with Gasteiger partial charge in [0, 0.05) is 25.6 Å². The zero-order chi connectivity index (χ0) is 12.5. The molecule has 0 aromatic heterocycles. The van der Waals surface area contributed by atoms with Gasteiger partial charge < -0.3 is 15.4 Å². The van der Waals surface area contributed by atoms with Gasteiger partial charge in [-0.25, -0.2) is 0 Å².